The van der Waals surface area contributed by atoms with Crippen molar-refractivity contribution in [1.29, 1.82) is 0 Å². The second kappa shape index (κ2) is 6.72. The van der Waals surface area contributed by atoms with Crippen LogP contribution in [0.1, 0.15) is 24.5 Å². The second-order valence-electron chi connectivity index (χ2n) is 7.67. The van der Waals surface area contributed by atoms with Crippen molar-refractivity contribution in [2.75, 3.05) is 23.7 Å². The lowest BCUT2D eigenvalue weighted by Crippen LogP contribution is -2.70. The van der Waals surface area contributed by atoms with E-state index in [1.54, 1.807) is 0 Å². The summed E-state index contributed by atoms with van der Waals surface area (Å²) in [4.78, 5) is 23.1. The lowest BCUT2D eigenvalue weighted by atomic mass is 9.87. The molecule has 3 aliphatic heterocycles. The molecule has 0 saturated carbocycles. The second-order valence-corrected chi connectivity index (χ2v) is 10.6. The van der Waals surface area contributed by atoms with Crippen LogP contribution in [0.3, 0.4) is 0 Å². The first kappa shape index (κ1) is 19.9. The molecule has 12 heteroatoms. The first-order valence-electron chi connectivity index (χ1n) is 9.50. The Hall–Kier alpha value is -2.05. The Morgan fingerprint density at radius 3 is 2.57 bits per heavy atom. The zero-order valence-electron chi connectivity index (χ0n) is 15.9. The van der Waals surface area contributed by atoms with E-state index in [0.29, 0.717) is 16.8 Å². The highest BCUT2D eigenvalue weighted by atomic mass is 79.9. The van der Waals surface area contributed by atoms with Gasteiger partial charge in [-0.2, -0.15) is 0 Å². The van der Waals surface area contributed by atoms with E-state index in [4.69, 9.17) is 4.74 Å². The minimum atomic E-state index is -3.79. The number of benzene rings is 1. The number of amides is 1. The van der Waals surface area contributed by atoms with Gasteiger partial charge in [0.1, 0.15) is 11.3 Å². The highest BCUT2D eigenvalue weighted by molar-refractivity contribution is 9.10. The standard InChI is InChI=1S/C18H18BrFN4O5S/c1-2-30(27,28)17-21-15-12(10-6-29-7-11(10)13(19)14(15)20)16(22-17)24-8-3-9(24)5-23(4-8)18(25)26/h8-9H,2-7H2,1H3,(H,25,26). The van der Waals surface area contributed by atoms with Crippen LogP contribution in [0.4, 0.5) is 15.0 Å². The van der Waals surface area contributed by atoms with Crippen LogP contribution in [0.25, 0.3) is 10.9 Å². The Morgan fingerprint density at radius 1 is 1.27 bits per heavy atom. The average molecular weight is 501 g/mol. The van der Waals surface area contributed by atoms with E-state index in [0.717, 1.165) is 12.0 Å². The van der Waals surface area contributed by atoms with Crippen molar-refractivity contribution in [3.05, 3.63) is 21.4 Å². The maximum absolute atomic E-state index is 15.3. The molecule has 1 amide bonds. The minimum Gasteiger partial charge on any atom is -0.465 e. The van der Waals surface area contributed by atoms with E-state index >= 15 is 4.39 Å². The van der Waals surface area contributed by atoms with Crippen molar-refractivity contribution in [3.63, 3.8) is 0 Å². The Labute approximate surface area is 179 Å². The molecule has 0 aliphatic carbocycles. The van der Waals surface area contributed by atoms with Crippen molar-refractivity contribution in [2.24, 2.45) is 0 Å². The van der Waals surface area contributed by atoms with Crippen molar-refractivity contribution in [1.82, 2.24) is 14.9 Å². The van der Waals surface area contributed by atoms with E-state index in [1.165, 1.54) is 11.8 Å². The number of ether oxygens (including phenoxy) is 1. The van der Waals surface area contributed by atoms with Crippen LogP contribution in [0.5, 0.6) is 0 Å². The molecule has 1 aromatic heterocycles. The Morgan fingerprint density at radius 2 is 1.93 bits per heavy atom. The molecule has 9 nitrogen and oxygen atoms in total. The number of likely N-dealkylation sites (tertiary alicyclic amines) is 1. The summed E-state index contributed by atoms with van der Waals surface area (Å²) in [5.41, 5.74) is 1.32. The number of rotatable bonds is 3. The summed E-state index contributed by atoms with van der Waals surface area (Å²) < 4.78 is 46.1. The van der Waals surface area contributed by atoms with Gasteiger partial charge in [0, 0.05) is 18.7 Å². The Balaban J connectivity index is 1.76. The number of fused-ring (bicyclic) bond motifs is 5. The maximum atomic E-state index is 15.3. The zero-order valence-corrected chi connectivity index (χ0v) is 18.3. The van der Waals surface area contributed by atoms with Gasteiger partial charge in [0.15, 0.2) is 5.82 Å². The molecule has 30 heavy (non-hydrogen) atoms. The quantitative estimate of drug-likeness (QED) is 0.638. The molecular weight excluding hydrogens is 483 g/mol. The van der Waals surface area contributed by atoms with Crippen LogP contribution in [-0.4, -0.2) is 65.4 Å². The number of hydrogen-bond donors (Lipinski definition) is 1. The topological polar surface area (TPSA) is 113 Å². The predicted octanol–water partition coefficient (Wildman–Crippen LogP) is 2.30. The van der Waals surface area contributed by atoms with Gasteiger partial charge in [-0.25, -0.2) is 27.6 Å². The fourth-order valence-corrected chi connectivity index (χ4v) is 5.77. The number of piperazine rings is 1. The van der Waals surface area contributed by atoms with Crippen molar-refractivity contribution < 1.29 is 27.4 Å². The number of aromatic nitrogens is 2. The number of carbonyl (C=O) groups is 1. The molecule has 2 saturated heterocycles. The predicted molar refractivity (Wildman–Crippen MR) is 108 cm³/mol. The Bertz CT molecular complexity index is 1200. The summed E-state index contributed by atoms with van der Waals surface area (Å²) in [6.45, 7) is 2.52. The summed E-state index contributed by atoms with van der Waals surface area (Å²) >= 11 is 3.26. The van der Waals surface area contributed by atoms with Gasteiger partial charge in [-0.15, -0.1) is 0 Å². The van der Waals surface area contributed by atoms with Crippen molar-refractivity contribution in [2.45, 2.75) is 43.8 Å². The van der Waals surface area contributed by atoms with E-state index in [2.05, 4.69) is 25.9 Å². The van der Waals surface area contributed by atoms with E-state index < -0.39 is 26.9 Å². The van der Waals surface area contributed by atoms with Crippen LogP contribution in [0.15, 0.2) is 9.63 Å². The fraction of sp³-hybridized carbons (Fsp3) is 0.500. The number of halogens is 2. The van der Waals surface area contributed by atoms with E-state index in [-0.39, 0.29) is 54.1 Å². The third-order valence-electron chi connectivity index (χ3n) is 6.06. The molecule has 160 valence electrons. The summed E-state index contributed by atoms with van der Waals surface area (Å²) in [5.74, 6) is -0.524. The molecule has 2 unspecified atom stereocenters. The van der Waals surface area contributed by atoms with Crippen LogP contribution in [0, 0.1) is 5.82 Å². The molecule has 2 fully saturated rings. The van der Waals surface area contributed by atoms with Gasteiger partial charge < -0.3 is 19.6 Å². The lowest BCUT2D eigenvalue weighted by molar-refractivity contribution is 0.0928. The summed E-state index contributed by atoms with van der Waals surface area (Å²) in [7, 11) is -3.79. The molecule has 2 aromatic rings. The number of anilines is 1. The van der Waals surface area contributed by atoms with E-state index in [9.17, 15) is 18.3 Å². The highest BCUT2D eigenvalue weighted by Gasteiger charge is 2.48. The number of sulfone groups is 1. The molecule has 2 bridgehead atoms. The van der Waals surface area contributed by atoms with Gasteiger partial charge in [-0.3, -0.25) is 0 Å². The minimum absolute atomic E-state index is 0.0665. The van der Waals surface area contributed by atoms with Gasteiger partial charge >= 0.3 is 6.09 Å². The largest absolute Gasteiger partial charge is 0.465 e. The molecular formula is C18H18BrFN4O5S. The van der Waals surface area contributed by atoms with Gasteiger partial charge in [0.05, 0.1) is 40.9 Å². The van der Waals surface area contributed by atoms with Gasteiger partial charge in [0.25, 0.3) is 0 Å². The first-order chi connectivity index (χ1) is 14.2. The molecule has 1 N–H and O–H groups in total. The van der Waals surface area contributed by atoms with E-state index in [1.807, 2.05) is 4.90 Å². The average Bonchev–Trinajstić information content (AvgIpc) is 3.21. The summed E-state index contributed by atoms with van der Waals surface area (Å²) in [5, 5.41) is 9.33. The number of hydrogen-bond acceptors (Lipinski definition) is 7. The molecule has 4 heterocycles. The van der Waals surface area contributed by atoms with Crippen LogP contribution in [-0.2, 0) is 27.8 Å². The Kier molecular flexibility index (Phi) is 4.46. The maximum Gasteiger partial charge on any atom is 0.407 e. The SMILES string of the molecule is CCS(=O)(=O)c1nc(N2C3CC2CN(C(=O)O)C3)c2c3c(c(Br)c(F)c2n1)COC3. The third kappa shape index (κ3) is 2.73. The molecule has 0 spiro atoms. The van der Waals surface area contributed by atoms with Gasteiger partial charge in [0.2, 0.25) is 15.0 Å². The molecule has 1 aromatic carbocycles. The van der Waals surface area contributed by atoms with Crippen LogP contribution >= 0.6 is 15.9 Å². The van der Waals surface area contributed by atoms with Gasteiger partial charge in [-0.1, -0.05) is 6.92 Å². The number of carboxylic acid groups (broad SMARTS) is 1. The fourth-order valence-electron chi connectivity index (χ4n) is 4.52. The van der Waals surface area contributed by atoms with Gasteiger partial charge in [-0.05, 0) is 27.9 Å². The molecule has 3 aliphatic rings. The van der Waals surface area contributed by atoms with Crippen molar-refractivity contribution in [3.8, 4) is 0 Å². The first-order valence-corrected chi connectivity index (χ1v) is 11.9. The summed E-state index contributed by atoms with van der Waals surface area (Å²) in [6, 6.07) is -0.306. The smallest absolute Gasteiger partial charge is 0.407 e. The molecule has 5 rings (SSSR count). The zero-order chi connectivity index (χ0) is 21.4. The normalized spacial score (nSPS) is 22.9. The highest BCUT2D eigenvalue weighted by Crippen LogP contribution is 2.45. The number of nitrogens with zero attached hydrogens (tertiary/aromatic N) is 4. The monoisotopic (exact) mass is 500 g/mol. The third-order valence-corrected chi connectivity index (χ3v) is 8.39. The lowest BCUT2D eigenvalue weighted by Gasteiger charge is -2.56. The number of piperidine rings is 1. The molecule has 2 atom stereocenters. The van der Waals surface area contributed by atoms with Crippen molar-refractivity contribution >= 4 is 48.6 Å². The van der Waals surface area contributed by atoms with Crippen LogP contribution in [0.2, 0.25) is 0 Å². The molecule has 0 radical (unpaired) electrons. The van der Waals surface area contributed by atoms with Crippen LogP contribution < -0.4 is 4.90 Å². The summed E-state index contributed by atoms with van der Waals surface area (Å²) in [6.07, 6.45) is -0.224.